The monoisotopic (exact) mass is 482 g/mol. The molecule has 1 amide bonds. The molecule has 0 saturated carbocycles. The van der Waals surface area contributed by atoms with Gasteiger partial charge in [-0.05, 0) is 46.9 Å². The van der Waals surface area contributed by atoms with Crippen LogP contribution in [-0.4, -0.2) is 26.9 Å². The van der Waals surface area contributed by atoms with Crippen LogP contribution in [0.15, 0.2) is 114 Å². The molecular weight excluding hydrogens is 456 g/mol. The first kappa shape index (κ1) is 22.9. The number of hydrogen-bond donors (Lipinski definition) is 1. The van der Waals surface area contributed by atoms with Crippen LogP contribution in [0.25, 0.3) is 11.1 Å². The minimum atomic E-state index is -3.95. The number of fused-ring (bicyclic) bond motifs is 1. The number of rotatable bonds is 7. The number of carbonyl (C=O) groups is 1. The molecule has 5 rings (SSSR count). The first-order chi connectivity index (χ1) is 17.0. The van der Waals surface area contributed by atoms with Crippen LogP contribution >= 0.6 is 0 Å². The van der Waals surface area contributed by atoms with Crippen molar-refractivity contribution in [2.45, 2.75) is 23.8 Å². The molecule has 6 heteroatoms. The molecule has 1 aliphatic heterocycles. The van der Waals surface area contributed by atoms with Crippen LogP contribution in [0.5, 0.6) is 0 Å². The third kappa shape index (κ3) is 4.70. The van der Waals surface area contributed by atoms with Crippen molar-refractivity contribution in [2.75, 3.05) is 10.8 Å². The van der Waals surface area contributed by atoms with E-state index < -0.39 is 16.1 Å². The van der Waals surface area contributed by atoms with Crippen molar-refractivity contribution in [1.29, 1.82) is 0 Å². The molecular formula is C29H26N2O3S. The van der Waals surface area contributed by atoms with E-state index >= 15 is 0 Å². The molecule has 0 bridgehead atoms. The first-order valence-electron chi connectivity index (χ1n) is 11.6. The lowest BCUT2D eigenvalue weighted by Gasteiger charge is -2.26. The van der Waals surface area contributed by atoms with Crippen LogP contribution in [0.1, 0.15) is 11.1 Å². The molecule has 0 saturated heterocycles. The van der Waals surface area contributed by atoms with Crippen LogP contribution < -0.4 is 9.62 Å². The molecule has 1 heterocycles. The van der Waals surface area contributed by atoms with Crippen molar-refractivity contribution in [2.24, 2.45) is 0 Å². The molecule has 0 spiro atoms. The fraction of sp³-hybridized carbons (Fsp3) is 0.138. The Morgan fingerprint density at radius 1 is 0.771 bits per heavy atom. The summed E-state index contributed by atoms with van der Waals surface area (Å²) in [6, 6.07) is 33.0. The van der Waals surface area contributed by atoms with Gasteiger partial charge in [0.1, 0.15) is 6.04 Å². The number of amides is 1. The summed E-state index contributed by atoms with van der Waals surface area (Å²) in [5, 5.41) is 2.95. The van der Waals surface area contributed by atoms with E-state index in [1.165, 1.54) is 4.31 Å². The molecule has 0 radical (unpaired) electrons. The van der Waals surface area contributed by atoms with Gasteiger partial charge in [0.2, 0.25) is 5.91 Å². The summed E-state index contributed by atoms with van der Waals surface area (Å²) in [5.41, 5.74) is 4.47. The van der Waals surface area contributed by atoms with Gasteiger partial charge >= 0.3 is 0 Å². The molecule has 176 valence electrons. The van der Waals surface area contributed by atoms with Gasteiger partial charge in [0.05, 0.1) is 10.6 Å². The molecule has 35 heavy (non-hydrogen) atoms. The Labute approximate surface area is 206 Å². The largest absolute Gasteiger partial charge is 0.354 e. The average molecular weight is 483 g/mol. The highest BCUT2D eigenvalue weighted by atomic mass is 32.2. The van der Waals surface area contributed by atoms with Gasteiger partial charge in [-0.1, -0.05) is 91.0 Å². The SMILES string of the molecule is O=C(NCCc1ccccc1)[C@@H]1Cc2ccccc2N1S(=O)(=O)c1ccc(-c2ccccc2)cc1. The Balaban J connectivity index is 1.40. The molecule has 0 fully saturated rings. The smallest absolute Gasteiger partial charge is 0.265 e. The molecule has 4 aromatic carbocycles. The van der Waals surface area contributed by atoms with E-state index in [9.17, 15) is 13.2 Å². The van der Waals surface area contributed by atoms with Crippen molar-refractivity contribution in [3.63, 3.8) is 0 Å². The predicted octanol–water partition coefficient (Wildman–Crippen LogP) is 4.83. The lowest BCUT2D eigenvalue weighted by atomic mass is 10.1. The molecule has 1 atom stereocenters. The zero-order chi connectivity index (χ0) is 24.3. The maximum Gasteiger partial charge on any atom is 0.265 e. The Bertz CT molecular complexity index is 1420. The quantitative estimate of drug-likeness (QED) is 0.410. The summed E-state index contributed by atoms with van der Waals surface area (Å²) in [5.74, 6) is -0.290. The maximum absolute atomic E-state index is 13.8. The second kappa shape index (κ2) is 9.76. The average Bonchev–Trinajstić information content (AvgIpc) is 3.31. The summed E-state index contributed by atoms with van der Waals surface area (Å²) in [7, 11) is -3.95. The second-order valence-corrected chi connectivity index (χ2v) is 10.4. The number of sulfonamides is 1. The highest BCUT2D eigenvalue weighted by Crippen LogP contribution is 2.37. The van der Waals surface area contributed by atoms with E-state index in [0.29, 0.717) is 25.1 Å². The first-order valence-corrected chi connectivity index (χ1v) is 13.1. The second-order valence-electron chi connectivity index (χ2n) is 8.57. The van der Waals surface area contributed by atoms with E-state index in [1.54, 1.807) is 36.4 Å². The van der Waals surface area contributed by atoms with Gasteiger partial charge in [0.25, 0.3) is 10.0 Å². The summed E-state index contributed by atoms with van der Waals surface area (Å²) < 4.78 is 28.9. The summed E-state index contributed by atoms with van der Waals surface area (Å²) >= 11 is 0. The number of para-hydroxylation sites is 1. The number of nitrogens with one attached hydrogen (secondary N) is 1. The summed E-state index contributed by atoms with van der Waals surface area (Å²) in [6.45, 7) is 0.440. The molecule has 1 N–H and O–H groups in total. The van der Waals surface area contributed by atoms with Crippen LogP contribution in [-0.2, 0) is 27.7 Å². The van der Waals surface area contributed by atoms with Gasteiger partial charge in [-0.3, -0.25) is 9.10 Å². The van der Waals surface area contributed by atoms with Crippen LogP contribution in [0.4, 0.5) is 5.69 Å². The highest BCUT2D eigenvalue weighted by Gasteiger charge is 2.42. The normalized spacial score (nSPS) is 15.0. The standard InChI is InChI=1S/C29H26N2O3S/c32-29(30-20-19-22-9-3-1-4-10-22)28-21-25-13-7-8-14-27(25)31(28)35(33,34)26-17-15-24(16-18-26)23-11-5-2-6-12-23/h1-18,28H,19-21H2,(H,30,32)/t28-/m0/s1. The Morgan fingerprint density at radius 2 is 1.37 bits per heavy atom. The summed E-state index contributed by atoms with van der Waals surface area (Å²) in [4.78, 5) is 13.4. The van der Waals surface area contributed by atoms with Crippen molar-refractivity contribution >= 4 is 21.6 Å². The fourth-order valence-corrected chi connectivity index (χ4v) is 6.16. The van der Waals surface area contributed by atoms with Gasteiger partial charge in [-0.25, -0.2) is 8.42 Å². The highest BCUT2D eigenvalue weighted by molar-refractivity contribution is 7.93. The van der Waals surface area contributed by atoms with Crippen molar-refractivity contribution in [3.8, 4) is 11.1 Å². The van der Waals surface area contributed by atoms with E-state index in [4.69, 9.17) is 0 Å². The lowest BCUT2D eigenvalue weighted by Crippen LogP contribution is -2.48. The van der Waals surface area contributed by atoms with Crippen molar-refractivity contribution in [1.82, 2.24) is 5.32 Å². The van der Waals surface area contributed by atoms with Crippen LogP contribution in [0, 0.1) is 0 Å². The molecule has 5 nitrogen and oxygen atoms in total. The van der Waals surface area contributed by atoms with Crippen LogP contribution in [0.3, 0.4) is 0 Å². The van der Waals surface area contributed by atoms with Gasteiger partial charge in [-0.15, -0.1) is 0 Å². The number of carbonyl (C=O) groups excluding carboxylic acids is 1. The Morgan fingerprint density at radius 3 is 2.09 bits per heavy atom. The zero-order valence-electron chi connectivity index (χ0n) is 19.2. The zero-order valence-corrected chi connectivity index (χ0v) is 20.0. The van der Waals surface area contributed by atoms with Gasteiger partial charge in [0, 0.05) is 13.0 Å². The van der Waals surface area contributed by atoms with E-state index in [0.717, 1.165) is 22.3 Å². The van der Waals surface area contributed by atoms with Gasteiger partial charge in [-0.2, -0.15) is 0 Å². The number of nitrogens with zero attached hydrogens (tertiary/aromatic N) is 1. The maximum atomic E-state index is 13.8. The molecule has 0 aromatic heterocycles. The van der Waals surface area contributed by atoms with E-state index in [-0.39, 0.29) is 10.8 Å². The van der Waals surface area contributed by atoms with E-state index in [1.807, 2.05) is 72.8 Å². The number of hydrogen-bond acceptors (Lipinski definition) is 3. The molecule has 1 aliphatic rings. The van der Waals surface area contributed by atoms with E-state index in [2.05, 4.69) is 5.32 Å². The molecule has 0 aliphatic carbocycles. The predicted molar refractivity (Wildman–Crippen MR) is 139 cm³/mol. The Hall–Kier alpha value is -3.90. The van der Waals surface area contributed by atoms with Crippen molar-refractivity contribution < 1.29 is 13.2 Å². The Kier molecular flexibility index (Phi) is 6.38. The minimum absolute atomic E-state index is 0.163. The molecule has 0 unspecified atom stereocenters. The number of benzene rings is 4. The third-order valence-electron chi connectivity index (χ3n) is 6.30. The van der Waals surface area contributed by atoms with Gasteiger partial charge in [0.15, 0.2) is 0 Å². The summed E-state index contributed by atoms with van der Waals surface area (Å²) in [6.07, 6.45) is 1.02. The fourth-order valence-electron chi connectivity index (χ4n) is 4.51. The lowest BCUT2D eigenvalue weighted by molar-refractivity contribution is -0.122. The van der Waals surface area contributed by atoms with Crippen LogP contribution in [0.2, 0.25) is 0 Å². The third-order valence-corrected chi connectivity index (χ3v) is 8.14. The molecule has 4 aromatic rings. The van der Waals surface area contributed by atoms with Crippen molar-refractivity contribution in [3.05, 3.63) is 120 Å². The number of anilines is 1. The van der Waals surface area contributed by atoms with Gasteiger partial charge < -0.3 is 5.32 Å². The minimum Gasteiger partial charge on any atom is -0.354 e. The topological polar surface area (TPSA) is 66.5 Å².